The van der Waals surface area contributed by atoms with Gasteiger partial charge >= 0.3 is 5.97 Å². The number of hydrogen-bond acceptors (Lipinski definition) is 4. The van der Waals surface area contributed by atoms with E-state index in [0.29, 0.717) is 24.3 Å². The van der Waals surface area contributed by atoms with Crippen LogP contribution in [0.4, 0.5) is 14.5 Å². The molecular weight excluding hydrogens is 344 g/mol. The number of nitrogens with zero attached hydrogens (tertiary/aromatic N) is 2. The van der Waals surface area contributed by atoms with Gasteiger partial charge in [0.25, 0.3) is 0 Å². The highest BCUT2D eigenvalue weighted by atomic mass is 19.1. The van der Waals surface area contributed by atoms with E-state index in [9.17, 15) is 23.5 Å². The summed E-state index contributed by atoms with van der Waals surface area (Å²) < 4.78 is 29.1. The second-order valence-electron chi connectivity index (χ2n) is 7.01. The molecule has 138 valence electrons. The van der Waals surface area contributed by atoms with Crippen molar-refractivity contribution in [3.63, 3.8) is 0 Å². The zero-order valence-corrected chi connectivity index (χ0v) is 14.1. The molecule has 1 saturated heterocycles. The fourth-order valence-electron chi connectivity index (χ4n) is 3.72. The van der Waals surface area contributed by atoms with E-state index in [2.05, 4.69) is 5.32 Å². The number of pyridine rings is 1. The number of carboxylic acids is 1. The minimum Gasteiger partial charge on any atom is -0.477 e. The maximum atomic E-state index is 14.8. The SMILES string of the molecule is O=C(O)c1cn(CCF)c2cc(N3CCNC4(CC4)C3)c(F)cc2c1=O. The lowest BCUT2D eigenvalue weighted by Gasteiger charge is -2.36. The number of hydrogen-bond donors (Lipinski definition) is 2. The van der Waals surface area contributed by atoms with Crippen molar-refractivity contribution in [2.75, 3.05) is 31.2 Å². The van der Waals surface area contributed by atoms with Crippen molar-refractivity contribution in [2.45, 2.75) is 24.9 Å². The molecular formula is C18H19F2N3O3. The summed E-state index contributed by atoms with van der Waals surface area (Å²) in [6.07, 6.45) is 3.23. The van der Waals surface area contributed by atoms with Crippen molar-refractivity contribution in [1.29, 1.82) is 0 Å². The largest absolute Gasteiger partial charge is 0.477 e. The average molecular weight is 363 g/mol. The third-order valence-corrected chi connectivity index (χ3v) is 5.27. The van der Waals surface area contributed by atoms with Gasteiger partial charge in [0.05, 0.1) is 17.7 Å². The molecule has 1 saturated carbocycles. The van der Waals surface area contributed by atoms with Crippen LogP contribution in [-0.4, -0.2) is 47.5 Å². The Kier molecular flexibility index (Phi) is 3.95. The van der Waals surface area contributed by atoms with Crippen LogP contribution in [0.3, 0.4) is 0 Å². The molecule has 0 atom stereocenters. The summed E-state index contributed by atoms with van der Waals surface area (Å²) in [6.45, 7) is 1.22. The molecule has 2 fully saturated rings. The number of aryl methyl sites for hydroxylation is 1. The number of nitrogens with one attached hydrogen (secondary N) is 1. The molecule has 6 nitrogen and oxygen atoms in total. The summed E-state index contributed by atoms with van der Waals surface area (Å²) >= 11 is 0. The number of carboxylic acid groups (broad SMARTS) is 1. The molecule has 1 aromatic heterocycles. The predicted molar refractivity (Wildman–Crippen MR) is 93.3 cm³/mol. The van der Waals surface area contributed by atoms with E-state index in [0.717, 1.165) is 31.6 Å². The zero-order valence-electron chi connectivity index (χ0n) is 14.1. The Morgan fingerprint density at radius 3 is 2.77 bits per heavy atom. The Morgan fingerprint density at radius 2 is 2.12 bits per heavy atom. The lowest BCUT2D eigenvalue weighted by atomic mass is 10.1. The third kappa shape index (κ3) is 2.74. The summed E-state index contributed by atoms with van der Waals surface area (Å²) in [5.74, 6) is -1.98. The Hall–Kier alpha value is -2.48. The Bertz CT molecular complexity index is 953. The molecule has 8 heteroatoms. The smallest absolute Gasteiger partial charge is 0.341 e. The van der Waals surface area contributed by atoms with Crippen molar-refractivity contribution < 1.29 is 18.7 Å². The summed E-state index contributed by atoms with van der Waals surface area (Å²) in [6, 6.07) is 2.62. The van der Waals surface area contributed by atoms with Gasteiger partial charge in [-0.3, -0.25) is 4.79 Å². The molecule has 1 aromatic carbocycles. The Morgan fingerprint density at radius 1 is 1.35 bits per heavy atom. The monoisotopic (exact) mass is 363 g/mol. The number of anilines is 1. The standard InChI is InChI=1S/C18H19F2N3O3/c19-3-5-22-9-12(17(25)26)16(24)11-7-13(20)15(8-14(11)22)23-6-4-21-18(10-23)1-2-18/h7-9,21H,1-6,10H2,(H,25,26). The minimum atomic E-state index is -1.41. The van der Waals surface area contributed by atoms with Gasteiger partial charge in [-0.25, -0.2) is 13.6 Å². The zero-order chi connectivity index (χ0) is 18.5. The van der Waals surface area contributed by atoms with Crippen LogP contribution in [0, 0.1) is 5.82 Å². The van der Waals surface area contributed by atoms with Crippen LogP contribution in [0.15, 0.2) is 23.1 Å². The van der Waals surface area contributed by atoms with Crippen LogP contribution in [0.1, 0.15) is 23.2 Å². The van der Waals surface area contributed by atoms with E-state index >= 15 is 0 Å². The van der Waals surface area contributed by atoms with Crippen LogP contribution in [0.25, 0.3) is 10.9 Å². The quantitative estimate of drug-likeness (QED) is 0.866. The minimum absolute atomic E-state index is 0.0455. The van der Waals surface area contributed by atoms with Crippen molar-refractivity contribution in [2.24, 2.45) is 0 Å². The number of carbonyl (C=O) groups is 1. The van der Waals surface area contributed by atoms with Gasteiger partial charge in [-0.15, -0.1) is 0 Å². The molecule has 0 unspecified atom stereocenters. The highest BCUT2D eigenvalue weighted by Gasteiger charge is 2.45. The van der Waals surface area contributed by atoms with E-state index in [1.807, 2.05) is 4.90 Å². The molecule has 4 rings (SSSR count). The Labute approximate surface area is 148 Å². The second-order valence-corrected chi connectivity index (χ2v) is 7.01. The maximum absolute atomic E-state index is 14.8. The molecule has 2 N–H and O–H groups in total. The first-order valence-corrected chi connectivity index (χ1v) is 8.60. The first kappa shape index (κ1) is 17.0. The van der Waals surface area contributed by atoms with Gasteiger partial charge in [-0.05, 0) is 25.0 Å². The molecule has 2 aliphatic rings. The van der Waals surface area contributed by atoms with Crippen molar-refractivity contribution >= 4 is 22.6 Å². The molecule has 2 heterocycles. The van der Waals surface area contributed by atoms with Gasteiger partial charge in [0, 0.05) is 36.8 Å². The molecule has 1 aliphatic heterocycles. The van der Waals surface area contributed by atoms with Gasteiger partial charge in [0.1, 0.15) is 18.1 Å². The summed E-state index contributed by atoms with van der Waals surface area (Å²) in [7, 11) is 0. The molecule has 0 radical (unpaired) electrons. The fraction of sp³-hybridized carbons (Fsp3) is 0.444. The van der Waals surface area contributed by atoms with E-state index in [-0.39, 0.29) is 17.5 Å². The third-order valence-electron chi connectivity index (χ3n) is 5.27. The first-order valence-electron chi connectivity index (χ1n) is 8.60. The van der Waals surface area contributed by atoms with Gasteiger partial charge in [0.15, 0.2) is 0 Å². The van der Waals surface area contributed by atoms with E-state index in [4.69, 9.17) is 0 Å². The van der Waals surface area contributed by atoms with Gasteiger partial charge in [-0.2, -0.15) is 0 Å². The lowest BCUT2D eigenvalue weighted by molar-refractivity contribution is 0.0694. The van der Waals surface area contributed by atoms with Crippen molar-refractivity contribution in [1.82, 2.24) is 9.88 Å². The predicted octanol–water partition coefficient (Wildman–Crippen LogP) is 1.75. The van der Waals surface area contributed by atoms with Gasteiger partial charge < -0.3 is 19.9 Å². The van der Waals surface area contributed by atoms with Crippen molar-refractivity contribution in [3.05, 3.63) is 39.9 Å². The Balaban J connectivity index is 1.87. The fourth-order valence-corrected chi connectivity index (χ4v) is 3.72. The summed E-state index contributed by atoms with van der Waals surface area (Å²) in [4.78, 5) is 25.6. The molecule has 2 aromatic rings. The van der Waals surface area contributed by atoms with Crippen LogP contribution >= 0.6 is 0 Å². The second kappa shape index (κ2) is 6.05. The van der Waals surface area contributed by atoms with Crippen LogP contribution in [-0.2, 0) is 6.54 Å². The number of benzene rings is 1. The molecule has 0 bridgehead atoms. The highest BCUT2D eigenvalue weighted by Crippen LogP contribution is 2.39. The normalized spacial score (nSPS) is 18.5. The average Bonchev–Trinajstić information content (AvgIpc) is 3.35. The number of alkyl halides is 1. The van der Waals surface area contributed by atoms with Crippen LogP contribution < -0.4 is 15.6 Å². The highest BCUT2D eigenvalue weighted by molar-refractivity contribution is 5.93. The van der Waals surface area contributed by atoms with Gasteiger partial charge in [-0.1, -0.05) is 0 Å². The van der Waals surface area contributed by atoms with Crippen LogP contribution in [0.2, 0.25) is 0 Å². The summed E-state index contributed by atoms with van der Waals surface area (Å²) in [5.41, 5.74) is -0.493. The van der Waals surface area contributed by atoms with Crippen LogP contribution in [0.5, 0.6) is 0 Å². The lowest BCUT2D eigenvalue weighted by Crippen LogP contribution is -2.52. The molecule has 1 aliphatic carbocycles. The number of fused-ring (bicyclic) bond motifs is 1. The molecule has 1 spiro atoms. The van der Waals surface area contributed by atoms with E-state index < -0.39 is 29.5 Å². The number of aromatic nitrogens is 1. The number of aromatic carboxylic acids is 1. The van der Waals surface area contributed by atoms with E-state index in [1.165, 1.54) is 10.6 Å². The maximum Gasteiger partial charge on any atom is 0.341 e. The number of piperazine rings is 1. The first-order chi connectivity index (χ1) is 12.4. The summed E-state index contributed by atoms with van der Waals surface area (Å²) in [5, 5.41) is 12.6. The number of rotatable bonds is 4. The molecule has 0 amide bonds. The van der Waals surface area contributed by atoms with Crippen molar-refractivity contribution in [3.8, 4) is 0 Å². The van der Waals surface area contributed by atoms with Gasteiger partial charge in [0.2, 0.25) is 5.43 Å². The number of halogens is 2. The molecule has 26 heavy (non-hydrogen) atoms. The van der Waals surface area contributed by atoms with E-state index in [1.54, 1.807) is 0 Å². The topological polar surface area (TPSA) is 74.6 Å².